The van der Waals surface area contributed by atoms with Gasteiger partial charge in [0.15, 0.2) is 0 Å². The topological polar surface area (TPSA) is 71.7 Å². The average Bonchev–Trinajstić information content (AvgIpc) is 2.11. The number of esters is 1. The van der Waals surface area contributed by atoms with E-state index in [0.717, 1.165) is 7.11 Å². The Kier molecular flexibility index (Phi) is 5.26. The van der Waals surface area contributed by atoms with E-state index in [-0.39, 0.29) is 6.61 Å². The van der Waals surface area contributed by atoms with E-state index in [2.05, 4.69) is 14.7 Å². The predicted molar refractivity (Wildman–Crippen MR) is 37.0 cm³/mol. The number of carbonyl (C=O) groups is 1. The van der Waals surface area contributed by atoms with Gasteiger partial charge in [-0.3, -0.25) is 0 Å². The lowest BCUT2D eigenvalue weighted by molar-refractivity contribution is -0.132. The van der Waals surface area contributed by atoms with E-state index in [0.29, 0.717) is 0 Å². The number of carbonyl (C=O) groups excluding carboxylic acids is 1. The molecule has 0 aliphatic carbocycles. The van der Waals surface area contributed by atoms with Gasteiger partial charge in [-0.05, 0) is 0 Å². The molecule has 0 radical (unpaired) electrons. The summed E-state index contributed by atoms with van der Waals surface area (Å²) in [6.07, 6.45) is 0. The van der Waals surface area contributed by atoms with Crippen molar-refractivity contribution in [1.29, 1.82) is 5.26 Å². The molecule has 0 N–H and O–H groups in total. The summed E-state index contributed by atoms with van der Waals surface area (Å²) >= 11 is 0. The molecule has 0 aromatic carbocycles. The lowest BCUT2D eigenvalue weighted by Gasteiger charge is -1.95. The van der Waals surface area contributed by atoms with Crippen molar-refractivity contribution >= 4 is 11.7 Å². The molecule has 0 heterocycles. The van der Waals surface area contributed by atoms with Gasteiger partial charge in [-0.2, -0.15) is 5.26 Å². The predicted octanol–water partition coefficient (Wildman–Crippen LogP) is 0.0251. The number of nitrogens with zero attached hydrogens (tertiary/aromatic N) is 2. The van der Waals surface area contributed by atoms with Gasteiger partial charge in [-0.15, -0.1) is 0 Å². The Morgan fingerprint density at radius 2 is 2.42 bits per heavy atom. The van der Waals surface area contributed by atoms with E-state index in [1.807, 2.05) is 0 Å². The molecule has 0 saturated carbocycles. The number of halogens is 1. The van der Waals surface area contributed by atoms with Gasteiger partial charge in [0.2, 0.25) is 0 Å². The number of hydrogen-bond donors (Lipinski definition) is 0. The molecule has 0 atom stereocenters. The van der Waals surface area contributed by atoms with Crippen molar-refractivity contribution < 1.29 is 18.8 Å². The number of rotatable bonds is 4. The number of methoxy groups -OCH3 is 1. The smallest absolute Gasteiger partial charge is 0.371 e. The maximum Gasteiger partial charge on any atom is 0.371 e. The molecule has 0 amide bonds. The fourth-order valence-corrected chi connectivity index (χ4v) is 0.345. The zero-order valence-corrected chi connectivity index (χ0v) is 6.41. The van der Waals surface area contributed by atoms with Crippen LogP contribution < -0.4 is 0 Å². The Hall–Kier alpha value is -1.64. The molecule has 0 unspecified atom stereocenters. The van der Waals surface area contributed by atoms with Crippen LogP contribution >= 0.6 is 0 Å². The lowest BCUT2D eigenvalue weighted by atomic mass is 10.4. The molecule has 12 heavy (non-hydrogen) atoms. The summed E-state index contributed by atoms with van der Waals surface area (Å²) < 4.78 is 15.6. The number of ether oxygens (including phenoxy) is 1. The van der Waals surface area contributed by atoms with Crippen molar-refractivity contribution in [2.24, 2.45) is 5.16 Å². The fourth-order valence-electron chi connectivity index (χ4n) is 0.345. The number of oxime groups is 1. The highest BCUT2D eigenvalue weighted by atomic mass is 19.1. The van der Waals surface area contributed by atoms with Crippen molar-refractivity contribution in [2.75, 3.05) is 20.4 Å². The normalized spacial score (nSPS) is 10.2. The first-order valence-electron chi connectivity index (χ1n) is 3.00. The van der Waals surface area contributed by atoms with Crippen molar-refractivity contribution in [3.05, 3.63) is 0 Å². The molecule has 0 aromatic rings. The van der Waals surface area contributed by atoms with Crippen molar-refractivity contribution in [3.63, 3.8) is 0 Å². The molecule has 0 saturated heterocycles. The summed E-state index contributed by atoms with van der Waals surface area (Å²) in [6.45, 7) is -1.02. The quantitative estimate of drug-likeness (QED) is 0.261. The van der Waals surface area contributed by atoms with Gasteiger partial charge in [-0.25, -0.2) is 9.18 Å². The maximum absolute atomic E-state index is 11.4. The number of nitriles is 1. The SMILES string of the molecule is COC(=O)C(C#N)=NOCCF. The van der Waals surface area contributed by atoms with E-state index in [9.17, 15) is 9.18 Å². The molecule has 0 spiro atoms. The molecule has 6 heteroatoms. The molecule has 0 aromatic heterocycles. The lowest BCUT2D eigenvalue weighted by Crippen LogP contribution is -2.14. The van der Waals surface area contributed by atoms with Crippen LogP contribution in [-0.2, 0) is 14.4 Å². The van der Waals surface area contributed by atoms with Crippen LogP contribution in [0.3, 0.4) is 0 Å². The van der Waals surface area contributed by atoms with Crippen LogP contribution in [0, 0.1) is 11.3 Å². The van der Waals surface area contributed by atoms with Gasteiger partial charge in [0.25, 0.3) is 5.71 Å². The minimum atomic E-state index is -0.906. The summed E-state index contributed by atoms with van der Waals surface area (Å²) in [6, 6.07) is 1.44. The monoisotopic (exact) mass is 174 g/mol. The second kappa shape index (κ2) is 6.09. The molecule has 0 aliphatic heterocycles. The third-order valence-corrected chi connectivity index (χ3v) is 0.809. The van der Waals surface area contributed by atoms with Crippen LogP contribution in [0.15, 0.2) is 5.16 Å². The Bertz CT molecular complexity index is 221. The second-order valence-electron chi connectivity index (χ2n) is 1.57. The number of hydrogen-bond acceptors (Lipinski definition) is 5. The summed E-state index contributed by atoms with van der Waals surface area (Å²) in [5.41, 5.74) is -0.536. The summed E-state index contributed by atoms with van der Waals surface area (Å²) in [5.74, 6) is -0.906. The third kappa shape index (κ3) is 3.51. The Balaban J connectivity index is 4.07. The number of alkyl halides is 1. The zero-order valence-electron chi connectivity index (χ0n) is 6.41. The first-order chi connectivity index (χ1) is 5.76. The van der Waals surface area contributed by atoms with Gasteiger partial charge in [0, 0.05) is 0 Å². The standard InChI is InChI=1S/C6H7FN2O3/c1-11-6(10)5(4-8)9-12-3-2-7/h2-3H2,1H3. The minimum Gasteiger partial charge on any atom is -0.464 e. The molecular weight excluding hydrogens is 167 g/mol. The fraction of sp³-hybridized carbons (Fsp3) is 0.500. The summed E-state index contributed by atoms with van der Waals surface area (Å²) in [5, 5.41) is 11.3. The van der Waals surface area contributed by atoms with E-state index in [1.54, 1.807) is 0 Å². The van der Waals surface area contributed by atoms with Crippen LogP contribution in [0.2, 0.25) is 0 Å². The molecule has 0 aliphatic rings. The van der Waals surface area contributed by atoms with Crippen LogP contribution in [0.4, 0.5) is 4.39 Å². The molecule has 5 nitrogen and oxygen atoms in total. The summed E-state index contributed by atoms with van der Waals surface area (Å²) in [4.78, 5) is 14.8. The largest absolute Gasteiger partial charge is 0.464 e. The molecule has 0 bridgehead atoms. The Morgan fingerprint density at radius 3 is 2.83 bits per heavy atom. The van der Waals surface area contributed by atoms with E-state index < -0.39 is 18.4 Å². The van der Waals surface area contributed by atoms with E-state index in [1.165, 1.54) is 6.07 Å². The first kappa shape index (κ1) is 10.4. The maximum atomic E-state index is 11.4. The van der Waals surface area contributed by atoms with E-state index >= 15 is 0 Å². The molecule has 0 rings (SSSR count). The molecule has 66 valence electrons. The van der Waals surface area contributed by atoms with Gasteiger partial charge in [0.1, 0.15) is 19.4 Å². The van der Waals surface area contributed by atoms with Gasteiger partial charge in [0.05, 0.1) is 7.11 Å². The highest BCUT2D eigenvalue weighted by Crippen LogP contribution is 1.84. The Labute approximate surface area is 68.4 Å². The highest BCUT2D eigenvalue weighted by molar-refractivity contribution is 6.42. The average molecular weight is 174 g/mol. The zero-order chi connectivity index (χ0) is 9.40. The molecule has 0 fully saturated rings. The summed E-state index contributed by atoms with van der Waals surface area (Å²) in [7, 11) is 1.10. The van der Waals surface area contributed by atoms with Gasteiger partial charge in [-0.1, -0.05) is 5.16 Å². The van der Waals surface area contributed by atoms with Crippen LogP contribution in [0.5, 0.6) is 0 Å². The second-order valence-corrected chi connectivity index (χ2v) is 1.57. The Morgan fingerprint density at radius 1 is 1.75 bits per heavy atom. The van der Waals surface area contributed by atoms with Crippen molar-refractivity contribution in [1.82, 2.24) is 0 Å². The highest BCUT2D eigenvalue weighted by Gasteiger charge is 2.10. The van der Waals surface area contributed by atoms with Crippen molar-refractivity contribution in [3.8, 4) is 6.07 Å². The van der Waals surface area contributed by atoms with E-state index in [4.69, 9.17) is 5.26 Å². The molecular formula is C6H7FN2O3. The van der Waals surface area contributed by atoms with Crippen LogP contribution in [0.1, 0.15) is 0 Å². The van der Waals surface area contributed by atoms with Crippen LogP contribution in [-0.4, -0.2) is 32.1 Å². The van der Waals surface area contributed by atoms with Gasteiger partial charge >= 0.3 is 5.97 Å². The van der Waals surface area contributed by atoms with Crippen LogP contribution in [0.25, 0.3) is 0 Å². The third-order valence-electron chi connectivity index (χ3n) is 0.809. The van der Waals surface area contributed by atoms with Gasteiger partial charge < -0.3 is 9.57 Å². The van der Waals surface area contributed by atoms with Crippen molar-refractivity contribution in [2.45, 2.75) is 0 Å². The minimum absolute atomic E-state index is 0.290. The first-order valence-corrected chi connectivity index (χ1v) is 3.00.